The topological polar surface area (TPSA) is 101 Å². The Labute approximate surface area is 192 Å². The fourth-order valence-corrected chi connectivity index (χ4v) is 5.57. The molecule has 2 heterocycles. The third kappa shape index (κ3) is 4.89. The van der Waals surface area contributed by atoms with E-state index in [4.69, 9.17) is 0 Å². The van der Waals surface area contributed by atoms with E-state index in [1.807, 2.05) is 38.1 Å². The molecule has 1 aliphatic rings. The largest absolute Gasteiger partial charge is 0.320 e. The summed E-state index contributed by atoms with van der Waals surface area (Å²) in [5.74, 6) is -0.665. The Morgan fingerprint density at radius 2 is 1.73 bits per heavy atom. The standard InChI is InChI=1S/C24H26N4O4S/c1-17-6-10-20(11-7-17)27-16-14-22(29)23(26-27)24(30)25-19-8-12-21(13-9-19)33(31,32)28-15-4-3-5-18(28)2/h6-14,16,18H,3-5,15H2,1-2H3,(H,25,30)/t18-/m0/s1. The average Bonchev–Trinajstić information content (AvgIpc) is 2.80. The van der Waals surface area contributed by atoms with Crippen LogP contribution in [0.1, 0.15) is 42.2 Å². The van der Waals surface area contributed by atoms with E-state index in [-0.39, 0.29) is 16.6 Å². The van der Waals surface area contributed by atoms with Crippen molar-refractivity contribution in [1.82, 2.24) is 14.1 Å². The number of piperidine rings is 1. The summed E-state index contributed by atoms with van der Waals surface area (Å²) >= 11 is 0. The van der Waals surface area contributed by atoms with E-state index in [2.05, 4.69) is 10.4 Å². The van der Waals surface area contributed by atoms with Gasteiger partial charge in [-0.05, 0) is 63.1 Å². The van der Waals surface area contributed by atoms with Crippen LogP contribution in [0.3, 0.4) is 0 Å². The number of sulfonamides is 1. The van der Waals surface area contributed by atoms with Crippen LogP contribution in [0.25, 0.3) is 5.69 Å². The molecule has 0 spiro atoms. The number of aryl methyl sites for hydroxylation is 1. The lowest BCUT2D eigenvalue weighted by molar-refractivity contribution is 0.101. The SMILES string of the molecule is Cc1ccc(-n2ccc(=O)c(C(=O)Nc3ccc(S(=O)(=O)N4CCCC[C@@H]4C)cc3)n2)cc1. The zero-order chi connectivity index (χ0) is 23.6. The molecule has 1 fully saturated rings. The van der Waals surface area contributed by atoms with Gasteiger partial charge in [0, 0.05) is 30.5 Å². The summed E-state index contributed by atoms with van der Waals surface area (Å²) in [5, 5.41) is 6.81. The lowest BCUT2D eigenvalue weighted by Crippen LogP contribution is -2.41. The molecule has 0 bridgehead atoms. The molecule has 3 aromatic rings. The van der Waals surface area contributed by atoms with Crippen molar-refractivity contribution in [3.8, 4) is 5.69 Å². The second-order valence-corrected chi connectivity index (χ2v) is 10.1. The number of hydrogen-bond donors (Lipinski definition) is 1. The fourth-order valence-electron chi connectivity index (χ4n) is 3.87. The Bertz CT molecular complexity index is 1320. The zero-order valence-corrected chi connectivity index (χ0v) is 19.4. The number of anilines is 1. The highest BCUT2D eigenvalue weighted by Gasteiger charge is 2.30. The van der Waals surface area contributed by atoms with E-state index in [1.54, 1.807) is 0 Å². The molecule has 4 rings (SSSR count). The van der Waals surface area contributed by atoms with Crippen LogP contribution in [-0.4, -0.2) is 41.0 Å². The number of aromatic nitrogens is 2. The summed E-state index contributed by atoms with van der Waals surface area (Å²) in [5.41, 5.74) is 1.41. The van der Waals surface area contributed by atoms with Crippen LogP contribution in [0.2, 0.25) is 0 Å². The molecule has 0 saturated carbocycles. The molecule has 1 atom stereocenters. The van der Waals surface area contributed by atoms with E-state index in [0.717, 1.165) is 30.5 Å². The second-order valence-electron chi connectivity index (χ2n) is 8.25. The van der Waals surface area contributed by atoms with Crippen LogP contribution in [0, 0.1) is 6.92 Å². The van der Waals surface area contributed by atoms with Crippen LogP contribution in [0.15, 0.2) is 70.5 Å². The Kier molecular flexibility index (Phi) is 6.44. The monoisotopic (exact) mass is 466 g/mol. The van der Waals surface area contributed by atoms with E-state index in [1.165, 1.54) is 45.5 Å². The van der Waals surface area contributed by atoms with Gasteiger partial charge in [0.25, 0.3) is 5.91 Å². The molecule has 0 aliphatic carbocycles. The van der Waals surface area contributed by atoms with Gasteiger partial charge in [-0.25, -0.2) is 13.1 Å². The maximum absolute atomic E-state index is 13.0. The first-order chi connectivity index (χ1) is 15.8. The van der Waals surface area contributed by atoms with Crippen LogP contribution >= 0.6 is 0 Å². The minimum Gasteiger partial charge on any atom is -0.320 e. The summed E-state index contributed by atoms with van der Waals surface area (Å²) in [4.78, 5) is 25.2. The summed E-state index contributed by atoms with van der Waals surface area (Å²) in [6, 6.07) is 14.7. The Morgan fingerprint density at radius 1 is 1.03 bits per heavy atom. The van der Waals surface area contributed by atoms with Crippen molar-refractivity contribution < 1.29 is 13.2 Å². The number of amides is 1. The molecule has 1 aromatic heterocycles. The second kappa shape index (κ2) is 9.29. The Morgan fingerprint density at radius 3 is 2.39 bits per heavy atom. The predicted molar refractivity (Wildman–Crippen MR) is 126 cm³/mol. The van der Waals surface area contributed by atoms with Crippen molar-refractivity contribution in [2.45, 2.75) is 44.0 Å². The summed E-state index contributed by atoms with van der Waals surface area (Å²) in [7, 11) is -3.60. The van der Waals surface area contributed by atoms with Gasteiger partial charge in [0.2, 0.25) is 15.5 Å². The molecule has 8 nitrogen and oxygen atoms in total. The fraction of sp³-hybridized carbons (Fsp3) is 0.292. The Balaban J connectivity index is 1.53. The van der Waals surface area contributed by atoms with E-state index in [9.17, 15) is 18.0 Å². The first kappa shape index (κ1) is 22.9. The van der Waals surface area contributed by atoms with Gasteiger partial charge in [0.1, 0.15) is 0 Å². The lowest BCUT2D eigenvalue weighted by atomic mass is 10.1. The van der Waals surface area contributed by atoms with Gasteiger partial charge in [-0.15, -0.1) is 0 Å². The first-order valence-electron chi connectivity index (χ1n) is 10.9. The molecule has 33 heavy (non-hydrogen) atoms. The molecular formula is C24H26N4O4S. The van der Waals surface area contributed by atoms with Gasteiger partial charge < -0.3 is 5.32 Å². The third-order valence-electron chi connectivity index (χ3n) is 5.78. The molecule has 1 amide bonds. The molecule has 1 saturated heterocycles. The number of nitrogens with one attached hydrogen (secondary N) is 1. The molecule has 0 unspecified atom stereocenters. The Hall–Kier alpha value is -3.30. The highest BCUT2D eigenvalue weighted by atomic mass is 32.2. The van der Waals surface area contributed by atoms with Gasteiger partial charge in [-0.3, -0.25) is 9.59 Å². The number of carbonyl (C=O) groups excluding carboxylic acids is 1. The highest BCUT2D eigenvalue weighted by Crippen LogP contribution is 2.26. The molecule has 1 aliphatic heterocycles. The van der Waals surface area contributed by atoms with Crippen molar-refractivity contribution in [2.24, 2.45) is 0 Å². The first-order valence-corrected chi connectivity index (χ1v) is 12.3. The minimum absolute atomic E-state index is 0.0389. The number of hydrogen-bond acceptors (Lipinski definition) is 5. The van der Waals surface area contributed by atoms with Gasteiger partial charge in [-0.1, -0.05) is 24.1 Å². The summed E-state index contributed by atoms with van der Waals surface area (Å²) < 4.78 is 28.9. The quantitative estimate of drug-likeness (QED) is 0.621. The van der Waals surface area contributed by atoms with E-state index < -0.39 is 21.4 Å². The number of nitrogens with zero attached hydrogens (tertiary/aromatic N) is 3. The molecule has 1 N–H and O–H groups in total. The van der Waals surface area contributed by atoms with Crippen LogP contribution in [0.5, 0.6) is 0 Å². The maximum Gasteiger partial charge on any atom is 0.280 e. The van der Waals surface area contributed by atoms with Gasteiger partial charge in [0.05, 0.1) is 10.6 Å². The van der Waals surface area contributed by atoms with E-state index in [0.29, 0.717) is 12.2 Å². The van der Waals surface area contributed by atoms with Crippen LogP contribution < -0.4 is 10.7 Å². The van der Waals surface area contributed by atoms with Crippen molar-refractivity contribution in [3.05, 3.63) is 82.3 Å². The van der Waals surface area contributed by atoms with Crippen molar-refractivity contribution >= 4 is 21.6 Å². The predicted octanol–water partition coefficient (Wildman–Crippen LogP) is 3.36. The summed E-state index contributed by atoms with van der Waals surface area (Å²) in [6.07, 6.45) is 4.22. The van der Waals surface area contributed by atoms with Crippen LogP contribution in [0.4, 0.5) is 5.69 Å². The van der Waals surface area contributed by atoms with Gasteiger partial charge in [-0.2, -0.15) is 9.40 Å². The maximum atomic E-state index is 13.0. The molecule has 0 radical (unpaired) electrons. The van der Waals surface area contributed by atoms with Crippen molar-refractivity contribution in [3.63, 3.8) is 0 Å². The smallest absolute Gasteiger partial charge is 0.280 e. The molecule has 172 valence electrons. The molecule has 9 heteroatoms. The molecular weight excluding hydrogens is 440 g/mol. The summed E-state index contributed by atoms with van der Waals surface area (Å²) in [6.45, 7) is 4.39. The van der Waals surface area contributed by atoms with Crippen LogP contribution in [-0.2, 0) is 10.0 Å². The number of rotatable bonds is 5. The number of carbonyl (C=O) groups is 1. The normalized spacial score (nSPS) is 17.0. The lowest BCUT2D eigenvalue weighted by Gasteiger charge is -2.32. The number of benzene rings is 2. The highest BCUT2D eigenvalue weighted by molar-refractivity contribution is 7.89. The average molecular weight is 467 g/mol. The van der Waals surface area contributed by atoms with Crippen molar-refractivity contribution in [2.75, 3.05) is 11.9 Å². The zero-order valence-electron chi connectivity index (χ0n) is 18.6. The molecule has 2 aromatic carbocycles. The van der Waals surface area contributed by atoms with Gasteiger partial charge >= 0.3 is 0 Å². The third-order valence-corrected chi connectivity index (χ3v) is 7.81. The van der Waals surface area contributed by atoms with Gasteiger partial charge in [0.15, 0.2) is 5.69 Å². The van der Waals surface area contributed by atoms with E-state index >= 15 is 0 Å². The van der Waals surface area contributed by atoms with Crippen molar-refractivity contribution in [1.29, 1.82) is 0 Å². The minimum atomic E-state index is -3.60.